The number of benzene rings is 1. The Balaban J connectivity index is 2.73. The van der Waals surface area contributed by atoms with Crippen LogP contribution in [0.4, 0.5) is 5.69 Å². The van der Waals surface area contributed by atoms with Crippen molar-refractivity contribution in [1.82, 2.24) is 10.2 Å². The van der Waals surface area contributed by atoms with Crippen LogP contribution >= 0.6 is 0 Å². The fraction of sp³-hybridized carbons (Fsp3) is 0.357. The summed E-state index contributed by atoms with van der Waals surface area (Å²) in [4.78, 5) is 0. The van der Waals surface area contributed by atoms with Gasteiger partial charge in [-0.15, -0.1) is 10.2 Å². The number of nitriles is 1. The summed E-state index contributed by atoms with van der Waals surface area (Å²) in [6.45, 7) is 8.18. The number of anilines is 1. The van der Waals surface area contributed by atoms with Gasteiger partial charge in [0.2, 0.25) is 0 Å². The molecule has 0 aliphatic carbocycles. The lowest BCUT2D eigenvalue weighted by molar-refractivity contribution is 0.634. The Morgan fingerprint density at radius 3 is 2.56 bits per heavy atom. The van der Waals surface area contributed by atoms with Gasteiger partial charge in [-0.1, -0.05) is 11.6 Å². The summed E-state index contributed by atoms with van der Waals surface area (Å²) in [6, 6.07) is 8.03. The molecule has 4 heteroatoms. The van der Waals surface area contributed by atoms with Crippen molar-refractivity contribution in [2.75, 3.05) is 5.32 Å². The van der Waals surface area contributed by atoms with E-state index in [1.54, 1.807) is 0 Å². The first-order valence-corrected chi connectivity index (χ1v) is 5.86. The molecule has 0 spiro atoms. The number of nitrogens with zero attached hydrogens (tertiary/aromatic N) is 3. The minimum Gasteiger partial charge on any atom is -0.377 e. The maximum Gasteiger partial charge on any atom is 0.186 e. The molecule has 0 aliphatic rings. The van der Waals surface area contributed by atoms with Crippen molar-refractivity contribution in [2.45, 2.75) is 33.2 Å². The zero-order valence-electron chi connectivity index (χ0n) is 11.1. The van der Waals surface area contributed by atoms with Crippen LogP contribution in [0.15, 0.2) is 18.2 Å². The first-order chi connectivity index (χ1) is 8.40. The van der Waals surface area contributed by atoms with E-state index in [9.17, 15) is 0 Å². The summed E-state index contributed by atoms with van der Waals surface area (Å²) in [7, 11) is 0. The average molecular weight is 240 g/mol. The first kappa shape index (κ1) is 12.3. The molecule has 0 radical (unpaired) electrons. The van der Waals surface area contributed by atoms with Gasteiger partial charge in [0, 0.05) is 10.9 Å². The lowest BCUT2D eigenvalue weighted by atomic mass is 10.1. The molecule has 0 aliphatic heterocycles. The molecule has 0 fully saturated rings. The summed E-state index contributed by atoms with van der Waals surface area (Å²) in [6.07, 6.45) is 0. The largest absolute Gasteiger partial charge is 0.377 e. The zero-order chi connectivity index (χ0) is 13.3. The third kappa shape index (κ3) is 2.40. The Morgan fingerprint density at radius 2 is 1.94 bits per heavy atom. The number of aromatic nitrogens is 2. The van der Waals surface area contributed by atoms with E-state index < -0.39 is 0 Å². The molecule has 0 unspecified atom stereocenters. The Kier molecular flexibility index (Phi) is 2.92. The zero-order valence-corrected chi connectivity index (χ0v) is 11.1. The molecule has 0 atom stereocenters. The van der Waals surface area contributed by atoms with E-state index in [0.717, 1.165) is 22.2 Å². The minimum absolute atomic E-state index is 0.134. The first-order valence-electron chi connectivity index (χ1n) is 5.86. The van der Waals surface area contributed by atoms with E-state index in [-0.39, 0.29) is 5.54 Å². The second-order valence-electron chi connectivity index (χ2n) is 5.43. The van der Waals surface area contributed by atoms with Crippen LogP contribution in [0.5, 0.6) is 0 Å². The molecule has 2 rings (SSSR count). The second kappa shape index (κ2) is 4.26. The quantitative estimate of drug-likeness (QED) is 0.832. The number of rotatable bonds is 1. The van der Waals surface area contributed by atoms with Crippen molar-refractivity contribution < 1.29 is 0 Å². The number of fused-ring (bicyclic) bond motifs is 1. The number of nitrogens with one attached hydrogen (secondary N) is 1. The van der Waals surface area contributed by atoms with Gasteiger partial charge in [-0.25, -0.2) is 0 Å². The molecule has 1 N–H and O–H groups in total. The summed E-state index contributed by atoms with van der Waals surface area (Å²) in [5.41, 5.74) is 2.90. The Hall–Kier alpha value is -2.15. The maximum atomic E-state index is 9.15. The van der Waals surface area contributed by atoms with Crippen LogP contribution in [0.2, 0.25) is 0 Å². The highest BCUT2D eigenvalue weighted by molar-refractivity contribution is 5.93. The van der Waals surface area contributed by atoms with Gasteiger partial charge >= 0.3 is 0 Å². The highest BCUT2D eigenvalue weighted by Crippen LogP contribution is 2.27. The fourth-order valence-corrected chi connectivity index (χ4v) is 1.80. The van der Waals surface area contributed by atoms with Gasteiger partial charge in [-0.3, -0.25) is 0 Å². The van der Waals surface area contributed by atoms with Crippen LogP contribution in [0.25, 0.3) is 10.9 Å². The van der Waals surface area contributed by atoms with Gasteiger partial charge in [0.1, 0.15) is 6.07 Å². The van der Waals surface area contributed by atoms with Crippen LogP contribution < -0.4 is 5.32 Å². The molecule has 1 aromatic carbocycles. The smallest absolute Gasteiger partial charge is 0.186 e. The third-order valence-electron chi connectivity index (χ3n) is 2.52. The predicted molar refractivity (Wildman–Crippen MR) is 72.4 cm³/mol. The van der Waals surface area contributed by atoms with Crippen LogP contribution in [0, 0.1) is 18.3 Å². The molecule has 1 heterocycles. The van der Waals surface area contributed by atoms with Crippen LogP contribution in [0.1, 0.15) is 32.0 Å². The summed E-state index contributed by atoms with van der Waals surface area (Å²) in [5.74, 6) is 0. The Bertz CT molecular complexity index is 633. The van der Waals surface area contributed by atoms with Crippen molar-refractivity contribution in [2.24, 2.45) is 0 Å². The molecular formula is C14H16N4. The molecule has 0 saturated heterocycles. The van der Waals surface area contributed by atoms with Crippen molar-refractivity contribution >= 4 is 16.6 Å². The topological polar surface area (TPSA) is 61.6 Å². The highest BCUT2D eigenvalue weighted by atomic mass is 15.1. The van der Waals surface area contributed by atoms with Crippen molar-refractivity contribution in [1.29, 1.82) is 5.26 Å². The van der Waals surface area contributed by atoms with Gasteiger partial charge in [0.25, 0.3) is 0 Å². The van der Waals surface area contributed by atoms with E-state index in [2.05, 4.69) is 42.4 Å². The van der Waals surface area contributed by atoms with E-state index >= 15 is 0 Å². The lowest BCUT2D eigenvalue weighted by Crippen LogP contribution is -2.27. The van der Waals surface area contributed by atoms with E-state index in [1.807, 2.05) is 25.1 Å². The fourth-order valence-electron chi connectivity index (χ4n) is 1.80. The molecule has 2 aromatic rings. The molecule has 92 valence electrons. The monoisotopic (exact) mass is 240 g/mol. The lowest BCUT2D eigenvalue weighted by Gasteiger charge is -2.23. The SMILES string of the molecule is Cc1ccc2nnc(C#N)c(NC(C)(C)C)c2c1. The van der Waals surface area contributed by atoms with Gasteiger partial charge < -0.3 is 5.32 Å². The van der Waals surface area contributed by atoms with E-state index in [4.69, 9.17) is 5.26 Å². The predicted octanol–water partition coefficient (Wildman–Crippen LogP) is 3.02. The molecule has 1 aromatic heterocycles. The molecule has 0 bridgehead atoms. The summed E-state index contributed by atoms with van der Waals surface area (Å²) < 4.78 is 0. The third-order valence-corrected chi connectivity index (χ3v) is 2.52. The van der Waals surface area contributed by atoms with Gasteiger partial charge in [0.05, 0.1) is 11.2 Å². The average Bonchev–Trinajstić information content (AvgIpc) is 2.28. The standard InChI is InChI=1S/C14H16N4/c1-9-5-6-11-10(7-9)13(16-14(2,3)4)12(8-15)18-17-11/h5-7H,1-4H3,(H,16,17). The van der Waals surface area contributed by atoms with E-state index in [1.165, 1.54) is 0 Å². The van der Waals surface area contributed by atoms with Gasteiger partial charge in [-0.2, -0.15) is 5.26 Å². The van der Waals surface area contributed by atoms with Gasteiger partial charge in [0.15, 0.2) is 5.69 Å². The normalized spacial score (nSPS) is 11.3. The van der Waals surface area contributed by atoms with Gasteiger partial charge in [-0.05, 0) is 39.8 Å². The number of hydrogen-bond acceptors (Lipinski definition) is 4. The van der Waals surface area contributed by atoms with Crippen LogP contribution in [-0.2, 0) is 0 Å². The van der Waals surface area contributed by atoms with Crippen molar-refractivity contribution in [3.63, 3.8) is 0 Å². The maximum absolute atomic E-state index is 9.15. The van der Waals surface area contributed by atoms with Crippen LogP contribution in [-0.4, -0.2) is 15.7 Å². The Labute approximate surface area is 107 Å². The number of aryl methyl sites for hydroxylation is 1. The Morgan fingerprint density at radius 1 is 1.22 bits per heavy atom. The second-order valence-corrected chi connectivity index (χ2v) is 5.43. The minimum atomic E-state index is -0.134. The van der Waals surface area contributed by atoms with Crippen molar-refractivity contribution in [3.05, 3.63) is 29.5 Å². The number of hydrogen-bond donors (Lipinski definition) is 1. The molecule has 18 heavy (non-hydrogen) atoms. The van der Waals surface area contributed by atoms with Crippen LogP contribution in [0.3, 0.4) is 0 Å². The summed E-state index contributed by atoms with van der Waals surface area (Å²) >= 11 is 0. The summed E-state index contributed by atoms with van der Waals surface area (Å²) in [5, 5.41) is 21.5. The van der Waals surface area contributed by atoms with E-state index in [0.29, 0.717) is 5.69 Å². The van der Waals surface area contributed by atoms with Crippen molar-refractivity contribution in [3.8, 4) is 6.07 Å². The molecule has 4 nitrogen and oxygen atoms in total. The molecule has 0 amide bonds. The highest BCUT2D eigenvalue weighted by Gasteiger charge is 2.16. The molecule has 0 saturated carbocycles. The molecular weight excluding hydrogens is 224 g/mol.